The number of benzene rings is 2. The quantitative estimate of drug-likeness (QED) is 0.530. The third-order valence-electron chi connectivity index (χ3n) is 5.30. The molecule has 1 fully saturated rings. The molecule has 0 aromatic heterocycles. The molecule has 3 rings (SSSR count). The van der Waals surface area contributed by atoms with Gasteiger partial charge in [-0.3, -0.25) is 4.79 Å². The van der Waals surface area contributed by atoms with Crippen molar-refractivity contribution in [2.24, 2.45) is 0 Å². The van der Waals surface area contributed by atoms with E-state index in [1.807, 2.05) is 36.4 Å². The zero-order valence-electron chi connectivity index (χ0n) is 17.5. The number of nitriles is 1. The average molecular weight is 438 g/mol. The second-order valence-corrected chi connectivity index (χ2v) is 9.49. The van der Waals surface area contributed by atoms with E-state index in [2.05, 4.69) is 5.32 Å². The van der Waals surface area contributed by atoms with Gasteiger partial charge in [0.05, 0.1) is 4.90 Å². The third kappa shape index (κ3) is 6.27. The first-order valence-electron chi connectivity index (χ1n) is 10.5. The van der Waals surface area contributed by atoms with Crippen LogP contribution >= 0.6 is 0 Å². The van der Waals surface area contributed by atoms with Crippen LogP contribution in [0.1, 0.15) is 36.8 Å². The fourth-order valence-electron chi connectivity index (χ4n) is 3.54. The maximum Gasteiger partial charge on any atom is 0.261 e. The van der Waals surface area contributed by atoms with E-state index in [-0.39, 0.29) is 5.57 Å². The Morgan fingerprint density at radius 2 is 1.65 bits per heavy atom. The van der Waals surface area contributed by atoms with E-state index in [0.29, 0.717) is 31.0 Å². The van der Waals surface area contributed by atoms with Crippen molar-refractivity contribution >= 4 is 22.0 Å². The van der Waals surface area contributed by atoms with E-state index >= 15 is 0 Å². The fraction of sp³-hybridized carbons (Fsp3) is 0.333. The lowest BCUT2D eigenvalue weighted by Crippen LogP contribution is -2.31. The van der Waals surface area contributed by atoms with Gasteiger partial charge in [0.15, 0.2) is 0 Å². The molecule has 2 aromatic carbocycles. The third-order valence-corrected chi connectivity index (χ3v) is 7.21. The first-order chi connectivity index (χ1) is 15.0. The lowest BCUT2D eigenvalue weighted by atomic mass is 10.1. The number of nitrogens with zero attached hydrogens (tertiary/aromatic N) is 2. The summed E-state index contributed by atoms with van der Waals surface area (Å²) < 4.78 is 27.3. The smallest absolute Gasteiger partial charge is 0.261 e. The van der Waals surface area contributed by atoms with Gasteiger partial charge in [-0.2, -0.15) is 9.57 Å². The molecule has 0 saturated carbocycles. The van der Waals surface area contributed by atoms with Crippen LogP contribution in [0.25, 0.3) is 6.08 Å². The Hall–Kier alpha value is -2.95. The largest absolute Gasteiger partial charge is 0.351 e. The summed E-state index contributed by atoms with van der Waals surface area (Å²) in [6, 6.07) is 18.0. The lowest BCUT2D eigenvalue weighted by molar-refractivity contribution is -0.117. The standard InChI is InChI=1S/C24H27N3O3S/c25-19-22(18-21-8-4-3-5-9-21)24(28)26-15-14-20-10-12-23(13-11-20)31(29,30)27-16-6-1-2-7-17-27/h3-5,8-13,18H,1-2,6-7,14-17H2,(H,26,28)/b22-18+. The number of hydrogen-bond acceptors (Lipinski definition) is 4. The molecule has 1 aliphatic heterocycles. The Morgan fingerprint density at radius 1 is 1.00 bits per heavy atom. The number of carbonyl (C=O) groups excluding carboxylic acids is 1. The van der Waals surface area contributed by atoms with Crippen molar-refractivity contribution < 1.29 is 13.2 Å². The van der Waals surface area contributed by atoms with Crippen LogP contribution in [0.5, 0.6) is 0 Å². The van der Waals surface area contributed by atoms with Crippen LogP contribution < -0.4 is 5.32 Å². The number of carbonyl (C=O) groups is 1. The zero-order valence-corrected chi connectivity index (χ0v) is 18.3. The monoisotopic (exact) mass is 437 g/mol. The van der Waals surface area contributed by atoms with Gasteiger partial charge in [-0.25, -0.2) is 8.42 Å². The van der Waals surface area contributed by atoms with Crippen molar-refractivity contribution in [2.45, 2.75) is 37.0 Å². The van der Waals surface area contributed by atoms with E-state index in [0.717, 1.165) is 36.8 Å². The molecule has 0 bridgehead atoms. The molecule has 1 saturated heterocycles. The van der Waals surface area contributed by atoms with E-state index in [1.54, 1.807) is 34.6 Å². The van der Waals surface area contributed by atoms with Gasteiger partial charge in [0, 0.05) is 19.6 Å². The molecule has 0 spiro atoms. The first kappa shape index (κ1) is 22.7. The lowest BCUT2D eigenvalue weighted by Gasteiger charge is -2.20. The summed E-state index contributed by atoms with van der Waals surface area (Å²) in [7, 11) is -3.46. The summed E-state index contributed by atoms with van der Waals surface area (Å²) in [6.07, 6.45) is 6.05. The molecular weight excluding hydrogens is 410 g/mol. The van der Waals surface area contributed by atoms with Crippen LogP contribution in [0.2, 0.25) is 0 Å². The first-order valence-corrected chi connectivity index (χ1v) is 12.0. The van der Waals surface area contributed by atoms with Crippen molar-refractivity contribution in [3.05, 3.63) is 71.3 Å². The molecular formula is C24H27N3O3S. The second kappa shape index (κ2) is 10.9. The van der Waals surface area contributed by atoms with Crippen LogP contribution in [0.3, 0.4) is 0 Å². The van der Waals surface area contributed by atoms with Crippen LogP contribution in [-0.4, -0.2) is 38.3 Å². The average Bonchev–Trinajstić information content (AvgIpc) is 3.09. The molecule has 31 heavy (non-hydrogen) atoms. The summed E-state index contributed by atoms with van der Waals surface area (Å²) in [4.78, 5) is 12.6. The molecule has 7 heteroatoms. The highest BCUT2D eigenvalue weighted by Gasteiger charge is 2.24. The predicted octanol–water partition coefficient (Wildman–Crippen LogP) is 3.52. The van der Waals surface area contributed by atoms with Gasteiger partial charge in [0.1, 0.15) is 11.6 Å². The predicted molar refractivity (Wildman–Crippen MR) is 120 cm³/mol. The number of hydrogen-bond donors (Lipinski definition) is 1. The maximum absolute atomic E-state index is 12.8. The molecule has 1 N–H and O–H groups in total. The van der Waals surface area contributed by atoms with Crippen molar-refractivity contribution in [3.8, 4) is 6.07 Å². The number of amides is 1. The van der Waals surface area contributed by atoms with Gasteiger partial charge in [-0.1, -0.05) is 55.3 Å². The molecule has 1 heterocycles. The number of sulfonamides is 1. The van der Waals surface area contributed by atoms with Gasteiger partial charge < -0.3 is 5.32 Å². The summed E-state index contributed by atoms with van der Waals surface area (Å²) >= 11 is 0. The molecule has 162 valence electrons. The van der Waals surface area contributed by atoms with Crippen molar-refractivity contribution in [1.29, 1.82) is 5.26 Å². The maximum atomic E-state index is 12.8. The minimum atomic E-state index is -3.46. The van der Waals surface area contributed by atoms with Crippen LogP contribution in [-0.2, 0) is 21.2 Å². The van der Waals surface area contributed by atoms with Gasteiger partial charge >= 0.3 is 0 Å². The summed E-state index contributed by atoms with van der Waals surface area (Å²) in [5.74, 6) is -0.424. The highest BCUT2D eigenvalue weighted by molar-refractivity contribution is 7.89. The molecule has 6 nitrogen and oxygen atoms in total. The molecule has 1 amide bonds. The van der Waals surface area contributed by atoms with Gasteiger partial charge in [0.2, 0.25) is 10.0 Å². The Bertz CT molecular complexity index is 1050. The van der Waals surface area contributed by atoms with Crippen molar-refractivity contribution in [2.75, 3.05) is 19.6 Å². The Morgan fingerprint density at radius 3 is 2.26 bits per heavy atom. The Kier molecular flexibility index (Phi) is 7.99. The van der Waals surface area contributed by atoms with E-state index in [1.165, 1.54) is 0 Å². The highest BCUT2D eigenvalue weighted by Crippen LogP contribution is 2.20. The van der Waals surface area contributed by atoms with Crippen LogP contribution in [0.4, 0.5) is 0 Å². The van der Waals surface area contributed by atoms with Crippen LogP contribution in [0.15, 0.2) is 65.1 Å². The number of nitrogens with one attached hydrogen (secondary N) is 1. The number of rotatable bonds is 7. The van der Waals surface area contributed by atoms with Crippen molar-refractivity contribution in [1.82, 2.24) is 9.62 Å². The topological polar surface area (TPSA) is 90.3 Å². The molecule has 0 atom stereocenters. The normalized spacial score (nSPS) is 15.6. The van der Waals surface area contributed by atoms with E-state index in [4.69, 9.17) is 0 Å². The summed E-state index contributed by atoms with van der Waals surface area (Å²) in [5, 5.41) is 12.0. The Labute approximate surface area is 184 Å². The zero-order chi connectivity index (χ0) is 22.1. The van der Waals surface area contributed by atoms with E-state index < -0.39 is 15.9 Å². The SMILES string of the molecule is N#C/C(=C\c1ccccc1)C(=O)NCCc1ccc(S(=O)(=O)N2CCCCCC2)cc1. The van der Waals surface area contributed by atoms with Crippen molar-refractivity contribution in [3.63, 3.8) is 0 Å². The minimum Gasteiger partial charge on any atom is -0.351 e. The fourth-order valence-corrected chi connectivity index (χ4v) is 5.06. The molecule has 0 radical (unpaired) electrons. The molecule has 2 aromatic rings. The highest BCUT2D eigenvalue weighted by atomic mass is 32.2. The van der Waals surface area contributed by atoms with Gasteiger partial charge in [-0.15, -0.1) is 0 Å². The summed E-state index contributed by atoms with van der Waals surface area (Å²) in [6.45, 7) is 1.51. The molecule has 0 unspecified atom stereocenters. The van der Waals surface area contributed by atoms with Gasteiger partial charge in [-0.05, 0) is 48.6 Å². The van der Waals surface area contributed by atoms with Gasteiger partial charge in [0.25, 0.3) is 5.91 Å². The second-order valence-electron chi connectivity index (χ2n) is 7.55. The van der Waals surface area contributed by atoms with E-state index in [9.17, 15) is 18.5 Å². The molecule has 1 aliphatic rings. The molecule has 0 aliphatic carbocycles. The van der Waals surface area contributed by atoms with Crippen LogP contribution in [0, 0.1) is 11.3 Å². The minimum absolute atomic E-state index is 0.0464. The summed E-state index contributed by atoms with van der Waals surface area (Å²) in [5.41, 5.74) is 1.75. The Balaban J connectivity index is 1.56.